The zero-order valence-electron chi connectivity index (χ0n) is 12.2. The molecular formula is C15H20F2N2O2. The van der Waals surface area contributed by atoms with Crippen LogP contribution in [-0.2, 0) is 4.74 Å². The van der Waals surface area contributed by atoms with Crippen LogP contribution in [0.3, 0.4) is 0 Å². The Labute approximate surface area is 122 Å². The summed E-state index contributed by atoms with van der Waals surface area (Å²) in [4.78, 5) is 14.1. The molecule has 2 N–H and O–H groups in total. The molecule has 2 rings (SSSR count). The van der Waals surface area contributed by atoms with E-state index in [9.17, 15) is 13.6 Å². The molecule has 0 unspecified atom stereocenters. The standard InChI is InChI=1S/C15H20F2N2O2/c1-9-5-12(14(17)7-13(9)16)15(20)19-4-3-11(21-2)6-10(19)8-18/h5,7,10-11H,3-4,6,8,18H2,1-2H3/t10-,11+/m1/s1. The van der Waals surface area contributed by atoms with Gasteiger partial charge in [0.15, 0.2) is 0 Å². The van der Waals surface area contributed by atoms with Crippen molar-refractivity contribution in [3.05, 3.63) is 34.9 Å². The van der Waals surface area contributed by atoms with Crippen LogP contribution in [0.5, 0.6) is 0 Å². The SMILES string of the molecule is CO[C@H]1CCN(C(=O)c2cc(C)c(F)cc2F)[C@@H](CN)C1. The zero-order chi connectivity index (χ0) is 15.6. The topological polar surface area (TPSA) is 55.6 Å². The number of rotatable bonds is 3. The smallest absolute Gasteiger partial charge is 0.257 e. The van der Waals surface area contributed by atoms with E-state index < -0.39 is 17.5 Å². The summed E-state index contributed by atoms with van der Waals surface area (Å²) < 4.78 is 32.5. The molecule has 0 spiro atoms. The van der Waals surface area contributed by atoms with Gasteiger partial charge < -0.3 is 15.4 Å². The first-order chi connectivity index (χ1) is 9.97. The van der Waals surface area contributed by atoms with Crippen LogP contribution in [0.4, 0.5) is 8.78 Å². The van der Waals surface area contributed by atoms with E-state index >= 15 is 0 Å². The van der Waals surface area contributed by atoms with Crippen molar-refractivity contribution in [1.82, 2.24) is 4.90 Å². The molecule has 1 aromatic carbocycles. The number of carbonyl (C=O) groups is 1. The lowest BCUT2D eigenvalue weighted by atomic mass is 9.97. The summed E-state index contributed by atoms with van der Waals surface area (Å²) in [6.45, 7) is 2.24. The van der Waals surface area contributed by atoms with Gasteiger partial charge in [-0.05, 0) is 31.4 Å². The summed E-state index contributed by atoms with van der Waals surface area (Å²) in [5.74, 6) is -1.94. The average molecular weight is 298 g/mol. The van der Waals surface area contributed by atoms with Crippen molar-refractivity contribution in [1.29, 1.82) is 0 Å². The van der Waals surface area contributed by atoms with E-state index in [-0.39, 0.29) is 29.8 Å². The van der Waals surface area contributed by atoms with E-state index in [1.165, 1.54) is 13.0 Å². The number of nitrogens with two attached hydrogens (primary N) is 1. The number of halogens is 2. The Hall–Kier alpha value is -1.53. The summed E-state index contributed by atoms with van der Waals surface area (Å²) in [6, 6.07) is 1.81. The van der Waals surface area contributed by atoms with Gasteiger partial charge in [-0.25, -0.2) is 8.78 Å². The first kappa shape index (κ1) is 15.9. The summed E-state index contributed by atoms with van der Waals surface area (Å²) in [5, 5.41) is 0. The van der Waals surface area contributed by atoms with E-state index in [4.69, 9.17) is 10.5 Å². The van der Waals surface area contributed by atoms with E-state index in [1.807, 2.05) is 0 Å². The largest absolute Gasteiger partial charge is 0.381 e. The van der Waals surface area contributed by atoms with E-state index in [0.717, 1.165) is 6.07 Å². The number of piperidine rings is 1. The molecule has 116 valence electrons. The number of carbonyl (C=O) groups excluding carboxylic acids is 1. The van der Waals surface area contributed by atoms with Gasteiger partial charge in [0.2, 0.25) is 0 Å². The fraction of sp³-hybridized carbons (Fsp3) is 0.533. The molecule has 0 bridgehead atoms. The highest BCUT2D eigenvalue weighted by atomic mass is 19.1. The van der Waals surface area contributed by atoms with Gasteiger partial charge in [0.1, 0.15) is 11.6 Å². The normalized spacial score (nSPS) is 22.4. The third-order valence-electron chi connectivity index (χ3n) is 4.01. The average Bonchev–Trinajstić information content (AvgIpc) is 2.49. The lowest BCUT2D eigenvalue weighted by Gasteiger charge is -2.38. The maximum atomic E-state index is 13.9. The van der Waals surface area contributed by atoms with Crippen molar-refractivity contribution in [3.63, 3.8) is 0 Å². The molecule has 1 heterocycles. The van der Waals surface area contributed by atoms with Crippen LogP contribution in [0, 0.1) is 18.6 Å². The maximum absolute atomic E-state index is 13.9. The van der Waals surface area contributed by atoms with Crippen molar-refractivity contribution >= 4 is 5.91 Å². The number of hydrogen-bond donors (Lipinski definition) is 1. The van der Waals surface area contributed by atoms with Crippen LogP contribution in [0.15, 0.2) is 12.1 Å². The molecule has 0 aliphatic carbocycles. The molecule has 0 saturated carbocycles. The van der Waals surface area contributed by atoms with Gasteiger partial charge in [-0.3, -0.25) is 4.79 Å². The van der Waals surface area contributed by atoms with Crippen LogP contribution >= 0.6 is 0 Å². The predicted molar refractivity (Wildman–Crippen MR) is 75.0 cm³/mol. The number of amides is 1. The van der Waals surface area contributed by atoms with Crippen LogP contribution in [0.2, 0.25) is 0 Å². The first-order valence-electron chi connectivity index (χ1n) is 6.97. The van der Waals surface area contributed by atoms with Crippen molar-refractivity contribution in [2.24, 2.45) is 5.73 Å². The van der Waals surface area contributed by atoms with Crippen molar-refractivity contribution in [3.8, 4) is 0 Å². The molecule has 1 fully saturated rings. The second kappa shape index (κ2) is 6.49. The van der Waals surface area contributed by atoms with Crippen LogP contribution in [0.25, 0.3) is 0 Å². The van der Waals surface area contributed by atoms with Crippen LogP contribution < -0.4 is 5.73 Å². The van der Waals surface area contributed by atoms with E-state index in [1.54, 1.807) is 12.0 Å². The molecule has 4 nitrogen and oxygen atoms in total. The van der Waals surface area contributed by atoms with Gasteiger partial charge in [0.05, 0.1) is 11.7 Å². The highest BCUT2D eigenvalue weighted by Gasteiger charge is 2.32. The van der Waals surface area contributed by atoms with Gasteiger partial charge >= 0.3 is 0 Å². The lowest BCUT2D eigenvalue weighted by molar-refractivity contribution is 0.0137. The van der Waals surface area contributed by atoms with Gasteiger partial charge in [-0.15, -0.1) is 0 Å². The number of likely N-dealkylation sites (tertiary alicyclic amines) is 1. The van der Waals surface area contributed by atoms with Crippen molar-refractivity contribution in [2.45, 2.75) is 31.9 Å². The molecule has 0 aromatic heterocycles. The molecule has 6 heteroatoms. The zero-order valence-corrected chi connectivity index (χ0v) is 12.2. The maximum Gasteiger partial charge on any atom is 0.257 e. The number of nitrogens with zero attached hydrogens (tertiary/aromatic N) is 1. The minimum absolute atomic E-state index is 0.0578. The van der Waals surface area contributed by atoms with Crippen LogP contribution in [0.1, 0.15) is 28.8 Å². The fourth-order valence-electron chi connectivity index (χ4n) is 2.69. The molecule has 2 atom stereocenters. The van der Waals surface area contributed by atoms with Gasteiger partial charge in [-0.1, -0.05) is 0 Å². The lowest BCUT2D eigenvalue weighted by Crippen LogP contribution is -2.51. The molecule has 1 aromatic rings. The number of aryl methyl sites for hydroxylation is 1. The molecular weight excluding hydrogens is 278 g/mol. The Morgan fingerprint density at radius 3 is 2.76 bits per heavy atom. The highest BCUT2D eigenvalue weighted by molar-refractivity contribution is 5.95. The Bertz CT molecular complexity index is 537. The number of methoxy groups -OCH3 is 1. The summed E-state index contributed by atoms with van der Waals surface area (Å²) in [5.41, 5.74) is 5.85. The summed E-state index contributed by atoms with van der Waals surface area (Å²) in [7, 11) is 1.62. The molecule has 1 amide bonds. The summed E-state index contributed by atoms with van der Waals surface area (Å²) >= 11 is 0. The Balaban J connectivity index is 2.25. The van der Waals surface area contributed by atoms with Gasteiger partial charge in [-0.2, -0.15) is 0 Å². The Morgan fingerprint density at radius 1 is 1.43 bits per heavy atom. The van der Waals surface area contributed by atoms with Crippen LogP contribution in [-0.4, -0.2) is 43.2 Å². The minimum atomic E-state index is -0.840. The number of hydrogen-bond acceptors (Lipinski definition) is 3. The summed E-state index contributed by atoms with van der Waals surface area (Å²) in [6.07, 6.45) is 1.36. The number of benzene rings is 1. The quantitative estimate of drug-likeness (QED) is 0.926. The predicted octanol–water partition coefficient (Wildman–Crippen LogP) is 1.85. The second-order valence-corrected chi connectivity index (χ2v) is 5.35. The van der Waals surface area contributed by atoms with Gasteiger partial charge in [0, 0.05) is 32.3 Å². The third kappa shape index (κ3) is 3.22. The fourth-order valence-corrected chi connectivity index (χ4v) is 2.69. The molecule has 1 aliphatic heterocycles. The Morgan fingerprint density at radius 2 is 2.14 bits per heavy atom. The molecule has 0 radical (unpaired) electrons. The molecule has 1 saturated heterocycles. The molecule has 21 heavy (non-hydrogen) atoms. The van der Waals surface area contributed by atoms with Crippen molar-refractivity contribution in [2.75, 3.05) is 20.2 Å². The highest BCUT2D eigenvalue weighted by Crippen LogP contribution is 2.23. The molecule has 1 aliphatic rings. The second-order valence-electron chi connectivity index (χ2n) is 5.35. The first-order valence-corrected chi connectivity index (χ1v) is 6.97. The minimum Gasteiger partial charge on any atom is -0.381 e. The Kier molecular flexibility index (Phi) is 4.90. The van der Waals surface area contributed by atoms with Crippen molar-refractivity contribution < 1.29 is 18.3 Å². The third-order valence-corrected chi connectivity index (χ3v) is 4.01. The van der Waals surface area contributed by atoms with E-state index in [0.29, 0.717) is 19.4 Å². The number of ether oxygens (including phenoxy) is 1. The monoisotopic (exact) mass is 298 g/mol. The van der Waals surface area contributed by atoms with Gasteiger partial charge in [0.25, 0.3) is 5.91 Å². The van der Waals surface area contributed by atoms with E-state index in [2.05, 4.69) is 0 Å².